The van der Waals surface area contributed by atoms with Crippen molar-refractivity contribution in [2.75, 3.05) is 19.8 Å². The maximum absolute atomic E-state index is 12.8. The van der Waals surface area contributed by atoms with Gasteiger partial charge >= 0.3 is 0 Å². The molecular weight excluding hydrogens is 304 g/mol. The van der Waals surface area contributed by atoms with E-state index < -0.39 is 0 Å². The number of aromatic amines is 1. The molecule has 0 aromatic carbocycles. The Kier molecular flexibility index (Phi) is 3.20. The van der Waals surface area contributed by atoms with Crippen LogP contribution in [0.3, 0.4) is 0 Å². The number of aromatic nitrogens is 3. The molecule has 0 spiro atoms. The average molecular weight is 318 g/mol. The molecule has 0 aliphatic carbocycles. The first-order chi connectivity index (χ1) is 10.7. The van der Waals surface area contributed by atoms with Gasteiger partial charge in [0.05, 0.1) is 23.4 Å². The Bertz CT molecular complexity index is 792. The lowest BCUT2D eigenvalue weighted by atomic mass is 10.2. The van der Waals surface area contributed by atoms with Crippen molar-refractivity contribution in [2.45, 2.75) is 13.0 Å². The molecule has 7 nitrogen and oxygen atoms in total. The summed E-state index contributed by atoms with van der Waals surface area (Å²) in [5.74, 6) is 0.889. The predicted molar refractivity (Wildman–Crippen MR) is 79.8 cm³/mol. The number of carbonyl (C=O) groups is 1. The number of carbonyl (C=O) groups excluding carboxylic acids is 1. The first-order valence-corrected chi connectivity index (χ1v) is 7.85. The van der Waals surface area contributed by atoms with Crippen molar-refractivity contribution in [1.29, 1.82) is 0 Å². The van der Waals surface area contributed by atoms with Gasteiger partial charge in [-0.2, -0.15) is 4.98 Å². The molecule has 1 saturated heterocycles. The summed E-state index contributed by atoms with van der Waals surface area (Å²) < 4.78 is 11.8. The number of aryl methyl sites for hydroxylation is 1. The van der Waals surface area contributed by atoms with E-state index in [2.05, 4.69) is 15.1 Å². The molecule has 8 heteroatoms. The SMILES string of the molecule is Cc1noc([C@H]2COCCN2C(=O)c2cc3sccc3[nH]2)n1. The van der Waals surface area contributed by atoms with Crippen molar-refractivity contribution in [1.82, 2.24) is 20.0 Å². The van der Waals surface area contributed by atoms with E-state index in [-0.39, 0.29) is 11.9 Å². The van der Waals surface area contributed by atoms with Gasteiger partial charge in [0.1, 0.15) is 11.7 Å². The van der Waals surface area contributed by atoms with Crippen molar-refractivity contribution in [2.24, 2.45) is 0 Å². The van der Waals surface area contributed by atoms with E-state index in [9.17, 15) is 4.79 Å². The fraction of sp³-hybridized carbons (Fsp3) is 0.357. The third kappa shape index (κ3) is 2.20. The second-order valence-electron chi connectivity index (χ2n) is 5.15. The first kappa shape index (κ1) is 13.5. The highest BCUT2D eigenvalue weighted by Gasteiger charge is 2.33. The summed E-state index contributed by atoms with van der Waals surface area (Å²) in [6.45, 7) is 3.12. The molecule has 22 heavy (non-hydrogen) atoms. The number of thiophene rings is 1. The molecule has 4 rings (SSSR count). The minimum Gasteiger partial charge on any atom is -0.377 e. The number of rotatable bonds is 2. The van der Waals surface area contributed by atoms with Gasteiger partial charge < -0.3 is 19.1 Å². The maximum atomic E-state index is 12.8. The van der Waals surface area contributed by atoms with E-state index >= 15 is 0 Å². The highest BCUT2D eigenvalue weighted by Crippen LogP contribution is 2.27. The molecule has 0 saturated carbocycles. The number of amides is 1. The lowest BCUT2D eigenvalue weighted by molar-refractivity contribution is -0.0121. The normalized spacial score (nSPS) is 19.0. The van der Waals surface area contributed by atoms with Crippen LogP contribution in [-0.4, -0.2) is 45.7 Å². The minimum absolute atomic E-state index is 0.0763. The Morgan fingerprint density at radius 1 is 1.55 bits per heavy atom. The van der Waals surface area contributed by atoms with Gasteiger partial charge in [0.15, 0.2) is 5.82 Å². The van der Waals surface area contributed by atoms with E-state index in [1.165, 1.54) is 0 Å². The van der Waals surface area contributed by atoms with Crippen molar-refractivity contribution in [3.05, 3.63) is 34.9 Å². The summed E-state index contributed by atoms with van der Waals surface area (Å²) in [5, 5.41) is 5.79. The van der Waals surface area contributed by atoms with E-state index in [1.807, 2.05) is 17.5 Å². The van der Waals surface area contributed by atoms with E-state index in [4.69, 9.17) is 9.26 Å². The number of hydrogen-bond acceptors (Lipinski definition) is 6. The van der Waals surface area contributed by atoms with Gasteiger partial charge in [0.25, 0.3) is 11.8 Å². The molecule has 4 heterocycles. The topological polar surface area (TPSA) is 84.3 Å². The van der Waals surface area contributed by atoms with E-state index in [0.29, 0.717) is 37.2 Å². The smallest absolute Gasteiger partial charge is 0.271 e. The van der Waals surface area contributed by atoms with Crippen LogP contribution in [0.2, 0.25) is 0 Å². The second kappa shape index (κ2) is 5.22. The van der Waals surface area contributed by atoms with Crippen LogP contribution in [0.4, 0.5) is 0 Å². The van der Waals surface area contributed by atoms with Gasteiger partial charge in [-0.15, -0.1) is 11.3 Å². The highest BCUT2D eigenvalue weighted by atomic mass is 32.1. The van der Waals surface area contributed by atoms with Crippen molar-refractivity contribution in [3.63, 3.8) is 0 Å². The standard InChI is InChI=1S/C14H14N4O3S/c1-8-15-13(21-17-8)11-7-20-4-3-18(11)14(19)10-6-12-9(16-10)2-5-22-12/h2,5-6,11,16H,3-4,7H2,1H3/t11-/m1/s1. The van der Waals surface area contributed by atoms with E-state index in [1.54, 1.807) is 23.2 Å². The lowest BCUT2D eigenvalue weighted by Gasteiger charge is -2.32. The van der Waals surface area contributed by atoms with Crippen LogP contribution in [0.15, 0.2) is 22.0 Å². The average Bonchev–Trinajstić information content (AvgIpc) is 3.21. The summed E-state index contributed by atoms with van der Waals surface area (Å²) in [5.41, 5.74) is 1.55. The third-order valence-electron chi connectivity index (χ3n) is 3.69. The van der Waals surface area contributed by atoms with Crippen molar-refractivity contribution in [3.8, 4) is 0 Å². The molecule has 3 aromatic rings. The number of morpholine rings is 1. The number of nitrogens with one attached hydrogen (secondary N) is 1. The molecule has 1 amide bonds. The van der Waals surface area contributed by atoms with Crippen LogP contribution in [-0.2, 0) is 4.74 Å². The summed E-state index contributed by atoms with van der Waals surface area (Å²) in [7, 11) is 0. The molecule has 0 radical (unpaired) electrons. The fourth-order valence-corrected chi connectivity index (χ4v) is 3.40. The number of ether oxygens (including phenoxy) is 1. The molecule has 3 aromatic heterocycles. The lowest BCUT2D eigenvalue weighted by Crippen LogP contribution is -2.43. The number of fused-ring (bicyclic) bond motifs is 1. The Labute approximate surface area is 129 Å². The van der Waals surface area contributed by atoms with E-state index in [0.717, 1.165) is 10.2 Å². The molecule has 1 aliphatic heterocycles. The number of H-pyrrole nitrogens is 1. The molecule has 1 N–H and O–H groups in total. The quantitative estimate of drug-likeness (QED) is 0.782. The fourth-order valence-electron chi connectivity index (χ4n) is 2.62. The summed E-state index contributed by atoms with van der Waals surface area (Å²) in [6.07, 6.45) is 0. The van der Waals surface area contributed by atoms with Gasteiger partial charge in [-0.1, -0.05) is 5.16 Å². The Balaban J connectivity index is 1.65. The summed E-state index contributed by atoms with van der Waals surface area (Å²) >= 11 is 1.61. The predicted octanol–water partition coefficient (Wildman–Crippen LogP) is 2.13. The van der Waals surface area contributed by atoms with Gasteiger partial charge in [-0.05, 0) is 24.4 Å². The van der Waals surface area contributed by atoms with Crippen molar-refractivity contribution >= 4 is 27.5 Å². The molecule has 0 unspecified atom stereocenters. The maximum Gasteiger partial charge on any atom is 0.271 e. The van der Waals surface area contributed by atoms with Crippen LogP contribution in [0.5, 0.6) is 0 Å². The summed E-state index contributed by atoms with van der Waals surface area (Å²) in [6, 6.07) is 3.51. The van der Waals surface area contributed by atoms with Crippen LogP contribution < -0.4 is 0 Å². The molecule has 114 valence electrons. The first-order valence-electron chi connectivity index (χ1n) is 6.97. The highest BCUT2D eigenvalue weighted by molar-refractivity contribution is 7.17. The van der Waals surface area contributed by atoms with Gasteiger partial charge in [0.2, 0.25) is 0 Å². The molecule has 1 aliphatic rings. The Morgan fingerprint density at radius 3 is 3.23 bits per heavy atom. The molecule has 1 atom stereocenters. The van der Waals surface area contributed by atoms with Crippen LogP contribution in [0.25, 0.3) is 10.2 Å². The molecule has 1 fully saturated rings. The zero-order valence-corrected chi connectivity index (χ0v) is 12.7. The zero-order chi connectivity index (χ0) is 15.1. The summed E-state index contributed by atoms with van der Waals surface area (Å²) in [4.78, 5) is 21.9. The van der Waals surface area contributed by atoms with Crippen molar-refractivity contribution < 1.29 is 14.1 Å². The van der Waals surface area contributed by atoms with Gasteiger partial charge in [0, 0.05) is 6.54 Å². The zero-order valence-electron chi connectivity index (χ0n) is 11.9. The Morgan fingerprint density at radius 2 is 2.45 bits per heavy atom. The number of nitrogens with zero attached hydrogens (tertiary/aromatic N) is 3. The molecular formula is C14H14N4O3S. The second-order valence-corrected chi connectivity index (χ2v) is 6.10. The molecule has 0 bridgehead atoms. The van der Waals surface area contributed by atoms with Crippen LogP contribution >= 0.6 is 11.3 Å². The largest absolute Gasteiger partial charge is 0.377 e. The van der Waals surface area contributed by atoms with Gasteiger partial charge in [-0.3, -0.25) is 4.79 Å². The number of hydrogen-bond donors (Lipinski definition) is 1. The van der Waals surface area contributed by atoms with Crippen LogP contribution in [0.1, 0.15) is 28.2 Å². The monoisotopic (exact) mass is 318 g/mol. The van der Waals surface area contributed by atoms with Crippen LogP contribution in [0, 0.1) is 6.92 Å². The van der Waals surface area contributed by atoms with Gasteiger partial charge in [-0.25, -0.2) is 0 Å². The Hall–Kier alpha value is -2.19. The third-order valence-corrected chi connectivity index (χ3v) is 4.55. The minimum atomic E-state index is -0.344.